The van der Waals surface area contributed by atoms with Gasteiger partial charge in [-0.15, -0.1) is 0 Å². The fourth-order valence-electron chi connectivity index (χ4n) is 2.64. The van der Waals surface area contributed by atoms with E-state index in [-0.39, 0.29) is 5.91 Å². The summed E-state index contributed by atoms with van der Waals surface area (Å²) in [7, 11) is 0. The predicted molar refractivity (Wildman–Crippen MR) is 82.6 cm³/mol. The number of nitrogens with one attached hydrogen (secondary N) is 1. The molecule has 0 fully saturated rings. The number of carbonyl (C=O) groups is 1. The van der Waals surface area contributed by atoms with Crippen molar-refractivity contribution in [2.45, 2.75) is 20.3 Å². The minimum atomic E-state index is 0.0754. The molecule has 1 heterocycles. The Labute approximate surface area is 119 Å². The van der Waals surface area contributed by atoms with Gasteiger partial charge in [-0.25, -0.2) is 0 Å². The first-order valence-corrected chi connectivity index (χ1v) is 6.89. The molecule has 1 N–H and O–H groups in total. The van der Waals surface area contributed by atoms with Crippen molar-refractivity contribution in [1.82, 2.24) is 0 Å². The van der Waals surface area contributed by atoms with E-state index < -0.39 is 0 Å². The van der Waals surface area contributed by atoms with Crippen LogP contribution < -0.4 is 10.2 Å². The van der Waals surface area contributed by atoms with Gasteiger partial charge >= 0.3 is 0 Å². The van der Waals surface area contributed by atoms with Crippen molar-refractivity contribution in [3.05, 3.63) is 53.6 Å². The summed E-state index contributed by atoms with van der Waals surface area (Å²) in [5, 5.41) is 2.99. The monoisotopic (exact) mass is 266 g/mol. The van der Waals surface area contributed by atoms with Crippen molar-refractivity contribution in [2.24, 2.45) is 0 Å². The van der Waals surface area contributed by atoms with Crippen LogP contribution in [-0.2, 0) is 4.79 Å². The molecule has 3 nitrogen and oxygen atoms in total. The summed E-state index contributed by atoms with van der Waals surface area (Å²) in [6, 6.07) is 14.5. The first kappa shape index (κ1) is 12.7. The highest BCUT2D eigenvalue weighted by Gasteiger charge is 2.21. The minimum Gasteiger partial charge on any atom is -0.339 e. The summed E-state index contributed by atoms with van der Waals surface area (Å²) >= 11 is 0. The summed E-state index contributed by atoms with van der Waals surface area (Å²) in [6.45, 7) is 4.86. The number of benzene rings is 2. The lowest BCUT2D eigenvalue weighted by Crippen LogP contribution is -2.19. The summed E-state index contributed by atoms with van der Waals surface area (Å²) in [5.74, 6) is 0.0754. The normalized spacial score (nSPS) is 14.5. The fraction of sp³-hybridized carbons (Fsp3) is 0.235. The summed E-state index contributed by atoms with van der Waals surface area (Å²) in [6.07, 6.45) is 0.502. The Bertz CT molecular complexity index is 647. The number of fused-ring (bicyclic) bond motifs is 1. The van der Waals surface area contributed by atoms with Crippen molar-refractivity contribution in [2.75, 3.05) is 16.8 Å². The molecule has 0 saturated heterocycles. The van der Waals surface area contributed by atoms with Crippen molar-refractivity contribution in [3.8, 4) is 0 Å². The number of nitrogens with zero attached hydrogens (tertiary/aromatic N) is 1. The van der Waals surface area contributed by atoms with Crippen LogP contribution in [0.2, 0.25) is 0 Å². The maximum Gasteiger partial charge on any atom is 0.226 e. The van der Waals surface area contributed by atoms with Crippen LogP contribution in [0.1, 0.15) is 17.5 Å². The maximum absolute atomic E-state index is 11.9. The molecule has 1 aliphatic rings. The standard InChI is InChI=1S/C17H18N2O/c1-12-6-8-14(9-7-12)19-11-10-16(20)18-15-5-3-4-13(2)17(15)19/h3-9H,10-11H2,1-2H3,(H,18,20). The molecule has 0 saturated carbocycles. The topological polar surface area (TPSA) is 32.3 Å². The third-order valence-electron chi connectivity index (χ3n) is 3.69. The molecule has 2 aromatic rings. The van der Waals surface area contributed by atoms with E-state index in [1.54, 1.807) is 0 Å². The van der Waals surface area contributed by atoms with E-state index in [1.165, 1.54) is 11.1 Å². The van der Waals surface area contributed by atoms with Crippen molar-refractivity contribution >= 4 is 23.0 Å². The molecule has 1 amide bonds. The van der Waals surface area contributed by atoms with Crippen LogP contribution in [0.5, 0.6) is 0 Å². The van der Waals surface area contributed by atoms with Gasteiger partial charge in [0.25, 0.3) is 0 Å². The molecule has 0 atom stereocenters. The predicted octanol–water partition coefficient (Wildman–Crippen LogP) is 3.78. The summed E-state index contributed by atoms with van der Waals surface area (Å²) < 4.78 is 0. The fourth-order valence-corrected chi connectivity index (χ4v) is 2.64. The lowest BCUT2D eigenvalue weighted by molar-refractivity contribution is -0.115. The number of hydrogen-bond donors (Lipinski definition) is 1. The smallest absolute Gasteiger partial charge is 0.226 e. The number of hydrogen-bond acceptors (Lipinski definition) is 2. The van der Waals surface area contributed by atoms with Crippen LogP contribution in [0, 0.1) is 13.8 Å². The lowest BCUT2D eigenvalue weighted by atomic mass is 10.1. The molecule has 0 aliphatic carbocycles. The van der Waals surface area contributed by atoms with Gasteiger partial charge in [-0.05, 0) is 37.6 Å². The summed E-state index contributed by atoms with van der Waals surface area (Å²) in [5.41, 5.74) is 5.53. The van der Waals surface area contributed by atoms with E-state index in [4.69, 9.17) is 0 Å². The maximum atomic E-state index is 11.9. The summed E-state index contributed by atoms with van der Waals surface area (Å²) in [4.78, 5) is 14.1. The van der Waals surface area contributed by atoms with Gasteiger partial charge in [-0.2, -0.15) is 0 Å². The highest BCUT2D eigenvalue weighted by atomic mass is 16.1. The molecule has 0 bridgehead atoms. The van der Waals surface area contributed by atoms with E-state index in [1.807, 2.05) is 12.1 Å². The second-order valence-corrected chi connectivity index (χ2v) is 5.26. The van der Waals surface area contributed by atoms with E-state index in [9.17, 15) is 4.79 Å². The minimum absolute atomic E-state index is 0.0754. The van der Waals surface area contributed by atoms with Gasteiger partial charge in [-0.1, -0.05) is 29.8 Å². The van der Waals surface area contributed by atoms with Crippen LogP contribution in [0.25, 0.3) is 0 Å². The van der Waals surface area contributed by atoms with Crippen LogP contribution >= 0.6 is 0 Å². The molecule has 0 radical (unpaired) electrons. The second-order valence-electron chi connectivity index (χ2n) is 5.26. The zero-order valence-electron chi connectivity index (χ0n) is 11.8. The molecule has 1 aliphatic heterocycles. The van der Waals surface area contributed by atoms with E-state index in [0.717, 1.165) is 17.1 Å². The molecule has 20 heavy (non-hydrogen) atoms. The van der Waals surface area contributed by atoms with Gasteiger partial charge in [0.15, 0.2) is 0 Å². The van der Waals surface area contributed by atoms with E-state index in [0.29, 0.717) is 13.0 Å². The van der Waals surface area contributed by atoms with Gasteiger partial charge in [0, 0.05) is 18.7 Å². The van der Waals surface area contributed by atoms with Crippen LogP contribution in [-0.4, -0.2) is 12.5 Å². The lowest BCUT2D eigenvalue weighted by Gasteiger charge is -2.26. The third-order valence-corrected chi connectivity index (χ3v) is 3.69. The molecule has 3 rings (SSSR count). The van der Waals surface area contributed by atoms with Crippen molar-refractivity contribution < 1.29 is 4.79 Å². The Balaban J connectivity index is 2.12. The first-order valence-electron chi connectivity index (χ1n) is 6.89. The Kier molecular flexibility index (Phi) is 3.18. The molecular formula is C17H18N2O. The molecule has 0 spiro atoms. The quantitative estimate of drug-likeness (QED) is 0.851. The van der Waals surface area contributed by atoms with Gasteiger partial charge in [0.05, 0.1) is 11.4 Å². The molecular weight excluding hydrogens is 248 g/mol. The molecule has 0 aromatic heterocycles. The molecule has 0 unspecified atom stereocenters. The van der Waals surface area contributed by atoms with E-state index in [2.05, 4.69) is 54.4 Å². The largest absolute Gasteiger partial charge is 0.339 e. The van der Waals surface area contributed by atoms with Gasteiger partial charge < -0.3 is 10.2 Å². The van der Waals surface area contributed by atoms with Crippen LogP contribution in [0.3, 0.4) is 0 Å². The average molecular weight is 266 g/mol. The Hall–Kier alpha value is -2.29. The van der Waals surface area contributed by atoms with Gasteiger partial charge in [0.2, 0.25) is 5.91 Å². The number of rotatable bonds is 1. The molecule has 3 heteroatoms. The zero-order chi connectivity index (χ0) is 14.1. The molecule has 2 aromatic carbocycles. The zero-order valence-corrected chi connectivity index (χ0v) is 11.8. The number of para-hydroxylation sites is 1. The number of carbonyl (C=O) groups excluding carboxylic acids is 1. The highest BCUT2D eigenvalue weighted by Crippen LogP contribution is 2.37. The van der Waals surface area contributed by atoms with E-state index >= 15 is 0 Å². The van der Waals surface area contributed by atoms with Crippen molar-refractivity contribution in [3.63, 3.8) is 0 Å². The van der Waals surface area contributed by atoms with Crippen LogP contribution in [0.15, 0.2) is 42.5 Å². The highest BCUT2D eigenvalue weighted by molar-refractivity contribution is 5.98. The Morgan fingerprint density at radius 2 is 1.80 bits per heavy atom. The molecule has 102 valence electrons. The Morgan fingerprint density at radius 3 is 2.55 bits per heavy atom. The Morgan fingerprint density at radius 1 is 1.05 bits per heavy atom. The van der Waals surface area contributed by atoms with Crippen LogP contribution in [0.4, 0.5) is 17.1 Å². The second kappa shape index (κ2) is 5.00. The average Bonchev–Trinajstić information content (AvgIpc) is 2.59. The number of anilines is 3. The van der Waals surface area contributed by atoms with Gasteiger partial charge in [0.1, 0.15) is 0 Å². The number of aryl methyl sites for hydroxylation is 2. The SMILES string of the molecule is Cc1ccc(N2CCC(=O)Nc3cccc(C)c32)cc1. The third kappa shape index (κ3) is 2.27. The number of amides is 1. The first-order chi connectivity index (χ1) is 9.65. The van der Waals surface area contributed by atoms with Gasteiger partial charge in [-0.3, -0.25) is 4.79 Å². The van der Waals surface area contributed by atoms with Crippen molar-refractivity contribution in [1.29, 1.82) is 0 Å².